The fourth-order valence-corrected chi connectivity index (χ4v) is 3.01. The molecule has 2 aromatic heterocycles. The van der Waals surface area contributed by atoms with Gasteiger partial charge in [-0.1, -0.05) is 12.1 Å². The molecule has 2 heterocycles. The number of nitrogens with one attached hydrogen (secondary N) is 1. The second kappa shape index (κ2) is 9.23. The van der Waals surface area contributed by atoms with Crippen LogP contribution >= 0.6 is 0 Å². The SMILES string of the molecule is CCOc1ccc(CCNC(=O)c2cnc3ccc(C)cn3c2=O)cc1OCC. The van der Waals surface area contributed by atoms with Gasteiger partial charge in [-0.25, -0.2) is 4.98 Å². The number of pyridine rings is 1. The number of amides is 1. The first-order valence-corrected chi connectivity index (χ1v) is 9.68. The summed E-state index contributed by atoms with van der Waals surface area (Å²) < 4.78 is 12.6. The molecule has 0 bridgehead atoms. The van der Waals surface area contributed by atoms with Gasteiger partial charge in [-0.3, -0.25) is 14.0 Å². The molecular weight excluding hydrogens is 370 g/mol. The van der Waals surface area contributed by atoms with E-state index in [0.29, 0.717) is 43.3 Å². The number of carbonyl (C=O) groups excluding carboxylic acids is 1. The normalized spacial score (nSPS) is 10.7. The third-order valence-electron chi connectivity index (χ3n) is 4.40. The van der Waals surface area contributed by atoms with Crippen molar-refractivity contribution in [2.75, 3.05) is 19.8 Å². The molecule has 29 heavy (non-hydrogen) atoms. The van der Waals surface area contributed by atoms with E-state index in [1.54, 1.807) is 12.3 Å². The Morgan fingerprint density at radius 2 is 1.86 bits per heavy atom. The summed E-state index contributed by atoms with van der Waals surface area (Å²) in [6.07, 6.45) is 3.60. The first-order valence-electron chi connectivity index (χ1n) is 9.68. The number of aromatic nitrogens is 2. The van der Waals surface area contributed by atoms with Crippen LogP contribution in [0.2, 0.25) is 0 Å². The summed E-state index contributed by atoms with van der Waals surface area (Å²) in [5, 5.41) is 2.79. The average Bonchev–Trinajstić information content (AvgIpc) is 2.71. The van der Waals surface area contributed by atoms with Gasteiger partial charge in [-0.15, -0.1) is 0 Å². The highest BCUT2D eigenvalue weighted by Gasteiger charge is 2.13. The molecule has 0 unspecified atom stereocenters. The van der Waals surface area contributed by atoms with E-state index in [-0.39, 0.29) is 11.1 Å². The molecule has 0 aliphatic heterocycles. The number of carbonyl (C=O) groups is 1. The van der Waals surface area contributed by atoms with Crippen LogP contribution in [0.4, 0.5) is 0 Å². The average molecular weight is 395 g/mol. The molecule has 0 saturated heterocycles. The Hall–Kier alpha value is -3.35. The van der Waals surface area contributed by atoms with Crippen molar-refractivity contribution in [2.24, 2.45) is 0 Å². The smallest absolute Gasteiger partial charge is 0.270 e. The van der Waals surface area contributed by atoms with Crippen molar-refractivity contribution >= 4 is 11.6 Å². The van der Waals surface area contributed by atoms with E-state index in [4.69, 9.17) is 9.47 Å². The van der Waals surface area contributed by atoms with Gasteiger partial charge in [0.05, 0.1) is 13.2 Å². The molecule has 3 rings (SSSR count). The Balaban J connectivity index is 1.68. The van der Waals surface area contributed by atoms with Crippen molar-refractivity contribution in [3.05, 3.63) is 69.8 Å². The van der Waals surface area contributed by atoms with Gasteiger partial charge in [0.2, 0.25) is 0 Å². The minimum absolute atomic E-state index is 0.0230. The van der Waals surface area contributed by atoms with Gasteiger partial charge in [-0.2, -0.15) is 0 Å². The number of benzene rings is 1. The van der Waals surface area contributed by atoms with Crippen LogP contribution in [0, 0.1) is 6.92 Å². The lowest BCUT2D eigenvalue weighted by Gasteiger charge is -2.12. The van der Waals surface area contributed by atoms with Gasteiger partial charge in [0.1, 0.15) is 11.2 Å². The standard InChI is InChI=1S/C22H25N3O4/c1-4-28-18-8-7-16(12-19(18)29-5-2)10-11-23-21(26)17-13-24-20-9-6-15(3)14-25(20)22(17)27/h6-9,12-14H,4-5,10-11H2,1-3H3,(H,23,26). The fraction of sp³-hybridized carbons (Fsp3) is 0.318. The molecule has 0 aliphatic carbocycles. The highest BCUT2D eigenvalue weighted by Crippen LogP contribution is 2.28. The zero-order chi connectivity index (χ0) is 20.8. The predicted octanol–water partition coefficient (Wildman–Crippen LogP) is 2.77. The molecule has 7 nitrogen and oxygen atoms in total. The minimum Gasteiger partial charge on any atom is -0.490 e. The van der Waals surface area contributed by atoms with Crippen LogP contribution in [-0.4, -0.2) is 35.1 Å². The number of hydrogen-bond donors (Lipinski definition) is 1. The molecule has 7 heteroatoms. The molecule has 3 aromatic rings. The molecule has 1 aromatic carbocycles. The number of nitrogens with zero attached hydrogens (tertiary/aromatic N) is 2. The molecule has 0 fully saturated rings. The topological polar surface area (TPSA) is 81.9 Å². The van der Waals surface area contributed by atoms with E-state index < -0.39 is 5.91 Å². The molecule has 0 atom stereocenters. The first kappa shape index (κ1) is 20.4. The number of aryl methyl sites for hydroxylation is 1. The van der Waals surface area contributed by atoms with Crippen LogP contribution in [0.1, 0.15) is 35.3 Å². The Morgan fingerprint density at radius 3 is 2.62 bits per heavy atom. The molecule has 1 amide bonds. The van der Waals surface area contributed by atoms with E-state index in [1.807, 2.05) is 45.0 Å². The quantitative estimate of drug-likeness (QED) is 0.634. The zero-order valence-electron chi connectivity index (χ0n) is 16.9. The largest absolute Gasteiger partial charge is 0.490 e. The van der Waals surface area contributed by atoms with E-state index in [9.17, 15) is 9.59 Å². The highest BCUT2D eigenvalue weighted by molar-refractivity contribution is 5.93. The Labute approximate surface area is 169 Å². The maximum Gasteiger partial charge on any atom is 0.270 e. The third kappa shape index (κ3) is 4.74. The van der Waals surface area contributed by atoms with Crippen molar-refractivity contribution in [2.45, 2.75) is 27.2 Å². The molecule has 0 saturated carbocycles. The lowest BCUT2D eigenvalue weighted by atomic mass is 10.1. The Bertz CT molecular complexity index is 1080. The number of fused-ring (bicyclic) bond motifs is 1. The van der Waals surface area contributed by atoms with E-state index in [2.05, 4.69) is 10.3 Å². The van der Waals surface area contributed by atoms with Crippen LogP contribution in [0.25, 0.3) is 5.65 Å². The molecule has 0 spiro atoms. The molecular formula is C22H25N3O4. The number of ether oxygens (including phenoxy) is 2. The summed E-state index contributed by atoms with van der Waals surface area (Å²) in [6.45, 7) is 7.20. The zero-order valence-corrected chi connectivity index (χ0v) is 16.9. The van der Waals surface area contributed by atoms with Crippen LogP contribution in [0.3, 0.4) is 0 Å². The van der Waals surface area contributed by atoms with Crippen molar-refractivity contribution in [3.63, 3.8) is 0 Å². The monoisotopic (exact) mass is 395 g/mol. The fourth-order valence-electron chi connectivity index (χ4n) is 3.01. The van der Waals surface area contributed by atoms with E-state index in [1.165, 1.54) is 10.6 Å². The minimum atomic E-state index is -0.436. The van der Waals surface area contributed by atoms with Crippen molar-refractivity contribution in [1.82, 2.24) is 14.7 Å². The Kier molecular flexibility index (Phi) is 6.49. The predicted molar refractivity (Wildman–Crippen MR) is 111 cm³/mol. The number of hydrogen-bond acceptors (Lipinski definition) is 5. The molecule has 0 radical (unpaired) electrons. The molecule has 1 N–H and O–H groups in total. The second-order valence-corrected chi connectivity index (χ2v) is 6.56. The maximum atomic E-state index is 12.6. The van der Waals surface area contributed by atoms with Crippen LogP contribution in [0.5, 0.6) is 11.5 Å². The van der Waals surface area contributed by atoms with Crippen LogP contribution in [-0.2, 0) is 6.42 Å². The summed E-state index contributed by atoms with van der Waals surface area (Å²) in [5.74, 6) is 0.951. The lowest BCUT2D eigenvalue weighted by molar-refractivity contribution is 0.0952. The summed E-state index contributed by atoms with van der Waals surface area (Å²) in [5.41, 5.74) is 2.07. The highest BCUT2D eigenvalue weighted by atomic mass is 16.5. The maximum absolute atomic E-state index is 12.6. The van der Waals surface area contributed by atoms with E-state index in [0.717, 1.165) is 11.1 Å². The van der Waals surface area contributed by atoms with Gasteiger partial charge in [0, 0.05) is 18.9 Å². The molecule has 0 aliphatic rings. The Morgan fingerprint density at radius 1 is 1.10 bits per heavy atom. The van der Waals surface area contributed by atoms with Gasteiger partial charge in [0.25, 0.3) is 11.5 Å². The van der Waals surface area contributed by atoms with Crippen molar-refractivity contribution < 1.29 is 14.3 Å². The van der Waals surface area contributed by atoms with E-state index >= 15 is 0 Å². The summed E-state index contributed by atoms with van der Waals surface area (Å²) >= 11 is 0. The van der Waals surface area contributed by atoms with Gasteiger partial charge >= 0.3 is 0 Å². The number of rotatable bonds is 8. The second-order valence-electron chi connectivity index (χ2n) is 6.56. The van der Waals surface area contributed by atoms with Crippen molar-refractivity contribution in [3.8, 4) is 11.5 Å². The van der Waals surface area contributed by atoms with Gasteiger partial charge < -0.3 is 14.8 Å². The summed E-state index contributed by atoms with van der Waals surface area (Å²) in [4.78, 5) is 29.3. The summed E-state index contributed by atoms with van der Waals surface area (Å²) in [7, 11) is 0. The first-order chi connectivity index (χ1) is 14.0. The van der Waals surface area contributed by atoms with Gasteiger partial charge in [-0.05, 0) is 56.5 Å². The van der Waals surface area contributed by atoms with Crippen LogP contribution in [0.15, 0.2) is 47.5 Å². The van der Waals surface area contributed by atoms with Gasteiger partial charge in [0.15, 0.2) is 11.5 Å². The summed E-state index contributed by atoms with van der Waals surface area (Å²) in [6, 6.07) is 9.34. The molecule has 152 valence electrons. The van der Waals surface area contributed by atoms with Crippen molar-refractivity contribution in [1.29, 1.82) is 0 Å². The third-order valence-corrected chi connectivity index (χ3v) is 4.40. The lowest BCUT2D eigenvalue weighted by Crippen LogP contribution is -2.32. The van der Waals surface area contributed by atoms with Crippen LogP contribution < -0.4 is 20.3 Å².